The lowest BCUT2D eigenvalue weighted by atomic mass is 10.0. The predicted octanol–water partition coefficient (Wildman–Crippen LogP) is 6.41. The molecule has 2 aliphatic heterocycles. The minimum Gasteiger partial charge on any atom is -0.358 e. The highest BCUT2D eigenvalue weighted by molar-refractivity contribution is 6.21. The zero-order chi connectivity index (χ0) is 34.9. The third-order valence-corrected chi connectivity index (χ3v) is 9.84. The van der Waals surface area contributed by atoms with Gasteiger partial charge in [-0.25, -0.2) is 19.9 Å². The van der Waals surface area contributed by atoms with Gasteiger partial charge in [0.25, 0.3) is 17.4 Å². The average Bonchev–Trinajstić information content (AvgIpc) is 3.72. The molecule has 3 aromatic carbocycles. The van der Waals surface area contributed by atoms with Crippen LogP contribution in [0.15, 0.2) is 90.2 Å². The van der Waals surface area contributed by atoms with E-state index < -0.39 is 0 Å². The maximum absolute atomic E-state index is 14.6. The summed E-state index contributed by atoms with van der Waals surface area (Å²) in [5, 5.41) is 4.11. The molecule has 3 aromatic heterocycles. The minimum atomic E-state index is -0.389. The number of rotatable bonds is 11. The number of amides is 2. The van der Waals surface area contributed by atoms with Gasteiger partial charge in [-0.15, -0.1) is 0 Å². The molecular weight excluding hydrogens is 644 g/mol. The Morgan fingerprint density at radius 3 is 2.41 bits per heavy atom. The zero-order valence-corrected chi connectivity index (χ0v) is 28.4. The van der Waals surface area contributed by atoms with E-state index in [1.165, 1.54) is 11.2 Å². The molecule has 258 valence electrons. The fourth-order valence-electron chi connectivity index (χ4n) is 7.24. The molecule has 6 aromatic rings. The number of nitrogens with one attached hydrogen (secondary N) is 1. The Hall–Kier alpha value is -5.75. The van der Waals surface area contributed by atoms with Crippen LogP contribution in [0.1, 0.15) is 89.8 Å². The highest BCUT2D eigenvalue weighted by Crippen LogP contribution is 2.31. The first kappa shape index (κ1) is 32.5. The molecule has 12 nitrogen and oxygen atoms in total. The predicted molar refractivity (Wildman–Crippen MR) is 193 cm³/mol. The van der Waals surface area contributed by atoms with Gasteiger partial charge in [-0.2, -0.15) is 0 Å². The summed E-state index contributed by atoms with van der Waals surface area (Å²) in [6.45, 7) is 3.07. The van der Waals surface area contributed by atoms with Crippen molar-refractivity contribution >= 4 is 39.7 Å². The molecule has 0 spiro atoms. The summed E-state index contributed by atoms with van der Waals surface area (Å²) in [4.78, 5) is 60.6. The monoisotopic (exact) mass is 682 g/mol. The van der Waals surface area contributed by atoms with E-state index in [2.05, 4.69) is 20.3 Å². The second-order valence-corrected chi connectivity index (χ2v) is 13.0. The standard InChI is InChI=1S/C39H38N8O4/c1-2-29(43-34-33-36(41-23-40-34)46(24-42-33)31-20-9-11-22-51-31)35-44-30-19-12-14-25(32(30)39(50)47(35)26-15-4-3-5-16-26)13-8-10-21-45-37(48)27-17-6-7-18-28(27)38(45)49/h3-7,12,14-19,23-24,29,31H,2,8-11,13,20-22H2,1H3,(H,40,41,43)/t29-,31?/m0/s1. The third-order valence-electron chi connectivity index (χ3n) is 9.84. The summed E-state index contributed by atoms with van der Waals surface area (Å²) in [6, 6.07) is 21.8. The molecule has 1 unspecified atom stereocenters. The van der Waals surface area contributed by atoms with Crippen LogP contribution in [0.5, 0.6) is 0 Å². The molecule has 8 rings (SSSR count). The molecule has 0 aliphatic carbocycles. The van der Waals surface area contributed by atoms with Crippen LogP contribution < -0.4 is 10.9 Å². The number of unbranched alkanes of at least 4 members (excludes halogenated alkanes) is 1. The maximum Gasteiger partial charge on any atom is 0.266 e. The number of imide groups is 1. The Labute approximate surface area is 294 Å². The molecule has 1 N–H and O–H groups in total. The van der Waals surface area contributed by atoms with Gasteiger partial charge in [0.1, 0.15) is 18.4 Å². The van der Waals surface area contributed by atoms with E-state index in [1.807, 2.05) is 60.0 Å². The van der Waals surface area contributed by atoms with Gasteiger partial charge in [0, 0.05) is 13.2 Å². The molecule has 0 bridgehead atoms. The Morgan fingerprint density at radius 2 is 1.67 bits per heavy atom. The summed E-state index contributed by atoms with van der Waals surface area (Å²) in [6.07, 6.45) is 8.69. The van der Waals surface area contributed by atoms with Crippen molar-refractivity contribution in [2.75, 3.05) is 18.5 Å². The largest absolute Gasteiger partial charge is 0.358 e. The third kappa shape index (κ3) is 5.95. The molecule has 0 saturated carbocycles. The Balaban J connectivity index is 1.10. The summed E-state index contributed by atoms with van der Waals surface area (Å²) in [5.41, 5.74) is 4.24. The number of ether oxygens (including phenoxy) is 1. The molecule has 2 atom stereocenters. The normalized spacial score (nSPS) is 16.6. The van der Waals surface area contributed by atoms with Gasteiger partial charge in [-0.3, -0.25) is 28.4 Å². The Bertz CT molecular complexity index is 2280. The number of carbonyl (C=O) groups is 2. The van der Waals surface area contributed by atoms with E-state index in [9.17, 15) is 14.4 Å². The van der Waals surface area contributed by atoms with Gasteiger partial charge in [0.05, 0.1) is 40.1 Å². The topological polar surface area (TPSA) is 137 Å². The van der Waals surface area contributed by atoms with Crippen molar-refractivity contribution in [3.63, 3.8) is 0 Å². The van der Waals surface area contributed by atoms with Crippen LogP contribution in [0.2, 0.25) is 0 Å². The summed E-state index contributed by atoms with van der Waals surface area (Å²) in [5.74, 6) is 0.612. The molecule has 1 saturated heterocycles. The van der Waals surface area contributed by atoms with E-state index in [-0.39, 0.29) is 29.6 Å². The molecular formula is C39H38N8O4. The number of benzene rings is 3. The number of aryl methyl sites for hydroxylation is 1. The molecule has 2 aliphatic rings. The number of anilines is 1. The van der Waals surface area contributed by atoms with Crippen LogP contribution in [-0.2, 0) is 11.2 Å². The quantitative estimate of drug-likeness (QED) is 0.121. The second-order valence-electron chi connectivity index (χ2n) is 13.0. The average molecular weight is 683 g/mol. The van der Waals surface area contributed by atoms with E-state index in [0.29, 0.717) is 89.4 Å². The number of nitrogens with zero attached hydrogens (tertiary/aromatic N) is 7. The SMILES string of the molecule is CC[C@H](Nc1ncnc2c1ncn2C1CCCCO1)c1nc2cccc(CCCCN3C(=O)c4ccccc4C3=O)c2c(=O)n1-c1ccccc1. The highest BCUT2D eigenvalue weighted by Gasteiger charge is 2.34. The van der Waals surface area contributed by atoms with Crippen molar-refractivity contribution in [3.05, 3.63) is 118 Å². The molecule has 1 fully saturated rings. The first-order valence-electron chi connectivity index (χ1n) is 17.6. The first-order valence-corrected chi connectivity index (χ1v) is 17.6. The lowest BCUT2D eigenvalue weighted by Crippen LogP contribution is -2.30. The molecule has 5 heterocycles. The lowest BCUT2D eigenvalue weighted by Gasteiger charge is -2.24. The Kier molecular flexibility index (Phi) is 8.83. The van der Waals surface area contributed by atoms with Crippen molar-refractivity contribution < 1.29 is 14.3 Å². The van der Waals surface area contributed by atoms with Gasteiger partial charge in [0.15, 0.2) is 17.0 Å². The number of hydrogen-bond donors (Lipinski definition) is 1. The van der Waals surface area contributed by atoms with Crippen molar-refractivity contribution in [1.82, 2.24) is 34.0 Å². The minimum absolute atomic E-state index is 0.115. The van der Waals surface area contributed by atoms with Crippen molar-refractivity contribution in [2.24, 2.45) is 0 Å². The molecule has 12 heteroatoms. The second kappa shape index (κ2) is 13.9. The van der Waals surface area contributed by atoms with Crippen molar-refractivity contribution in [1.29, 1.82) is 0 Å². The maximum atomic E-state index is 14.6. The molecule has 0 radical (unpaired) electrons. The van der Waals surface area contributed by atoms with E-state index in [4.69, 9.17) is 9.72 Å². The first-order chi connectivity index (χ1) is 25.0. The van der Waals surface area contributed by atoms with Crippen LogP contribution in [0.3, 0.4) is 0 Å². The van der Waals surface area contributed by atoms with Gasteiger partial charge in [0.2, 0.25) is 0 Å². The molecule has 2 amide bonds. The fraction of sp³-hybridized carbons (Fsp3) is 0.308. The lowest BCUT2D eigenvalue weighted by molar-refractivity contribution is -0.0298. The van der Waals surface area contributed by atoms with E-state index in [1.54, 1.807) is 35.2 Å². The van der Waals surface area contributed by atoms with E-state index in [0.717, 1.165) is 24.8 Å². The Morgan fingerprint density at radius 1 is 0.882 bits per heavy atom. The van der Waals surface area contributed by atoms with Gasteiger partial charge in [-0.1, -0.05) is 49.4 Å². The van der Waals surface area contributed by atoms with Gasteiger partial charge in [-0.05, 0) is 80.8 Å². The molecule has 51 heavy (non-hydrogen) atoms. The number of imidazole rings is 1. The van der Waals surface area contributed by atoms with Crippen molar-refractivity contribution in [2.45, 2.75) is 64.1 Å². The van der Waals surface area contributed by atoms with Crippen LogP contribution >= 0.6 is 0 Å². The van der Waals surface area contributed by atoms with E-state index >= 15 is 0 Å². The highest BCUT2D eigenvalue weighted by atomic mass is 16.5. The fourth-order valence-corrected chi connectivity index (χ4v) is 7.24. The zero-order valence-electron chi connectivity index (χ0n) is 28.4. The number of carbonyl (C=O) groups excluding carboxylic acids is 2. The summed E-state index contributed by atoms with van der Waals surface area (Å²) >= 11 is 0. The van der Waals surface area contributed by atoms with Crippen LogP contribution in [0, 0.1) is 0 Å². The van der Waals surface area contributed by atoms with Crippen LogP contribution in [0.4, 0.5) is 5.82 Å². The van der Waals surface area contributed by atoms with Crippen LogP contribution in [-0.4, -0.2) is 58.9 Å². The van der Waals surface area contributed by atoms with Gasteiger partial charge >= 0.3 is 0 Å². The number of para-hydroxylation sites is 1. The smallest absolute Gasteiger partial charge is 0.266 e. The van der Waals surface area contributed by atoms with Crippen molar-refractivity contribution in [3.8, 4) is 5.69 Å². The summed E-state index contributed by atoms with van der Waals surface area (Å²) in [7, 11) is 0. The number of aromatic nitrogens is 6. The van der Waals surface area contributed by atoms with Crippen LogP contribution in [0.25, 0.3) is 27.8 Å². The number of hydrogen-bond acceptors (Lipinski definition) is 9. The van der Waals surface area contributed by atoms with Gasteiger partial charge < -0.3 is 10.1 Å². The summed E-state index contributed by atoms with van der Waals surface area (Å²) < 4.78 is 9.67. The number of fused-ring (bicyclic) bond motifs is 3.